The van der Waals surface area contributed by atoms with Crippen molar-refractivity contribution >= 4 is 27.6 Å². The number of likely N-dealkylation sites (tertiary alicyclic amines) is 1. The summed E-state index contributed by atoms with van der Waals surface area (Å²) < 4.78 is 48.9. The zero-order valence-corrected chi connectivity index (χ0v) is 19.8. The van der Waals surface area contributed by atoms with Crippen molar-refractivity contribution < 1.29 is 31.6 Å². The van der Waals surface area contributed by atoms with Crippen molar-refractivity contribution in [2.45, 2.75) is 43.9 Å². The fraction of sp³-hybridized carbons (Fsp3) is 0.435. The van der Waals surface area contributed by atoms with Crippen molar-refractivity contribution in [2.75, 3.05) is 20.2 Å². The summed E-state index contributed by atoms with van der Waals surface area (Å²) >= 11 is 0. The number of hydrogen-bond acceptors (Lipinski definition) is 7. The number of fused-ring (bicyclic) bond motifs is 1. The van der Waals surface area contributed by atoms with E-state index in [4.69, 9.17) is 9.15 Å². The minimum atomic E-state index is -3.98. The van der Waals surface area contributed by atoms with Crippen LogP contribution in [0.5, 0.6) is 0 Å². The highest BCUT2D eigenvalue weighted by molar-refractivity contribution is 7.89. The summed E-state index contributed by atoms with van der Waals surface area (Å²) in [5.74, 6) is -0.480. The molecule has 9 nitrogen and oxygen atoms in total. The van der Waals surface area contributed by atoms with Crippen molar-refractivity contribution in [3.8, 4) is 0 Å². The number of nitrogens with one attached hydrogen (secondary N) is 1. The van der Waals surface area contributed by atoms with Gasteiger partial charge in [-0.2, -0.15) is 18.4 Å². The monoisotopic (exact) mass is 491 g/mol. The number of amides is 1. The maximum atomic E-state index is 13.2. The Balaban J connectivity index is 1.54. The van der Waals surface area contributed by atoms with Crippen molar-refractivity contribution in [1.82, 2.24) is 9.73 Å². The summed E-state index contributed by atoms with van der Waals surface area (Å²) in [7, 11) is -2.62. The van der Waals surface area contributed by atoms with Gasteiger partial charge in [-0.3, -0.25) is 9.59 Å². The summed E-state index contributed by atoms with van der Waals surface area (Å²) in [4.78, 5) is 28.7. The van der Waals surface area contributed by atoms with Crippen LogP contribution >= 0.6 is 0 Å². The first-order valence-electron chi connectivity index (χ1n) is 11.0. The number of aryl methyl sites for hydroxylation is 1. The Morgan fingerprint density at radius 2 is 1.85 bits per heavy atom. The maximum absolute atomic E-state index is 13.2. The Morgan fingerprint density at radius 1 is 1.18 bits per heavy atom. The minimum Gasteiger partial charge on any atom is -0.469 e. The van der Waals surface area contributed by atoms with Crippen LogP contribution in [0, 0.1) is 18.7 Å². The summed E-state index contributed by atoms with van der Waals surface area (Å²) in [5.41, 5.74) is 1.73. The number of piperidine rings is 1. The number of hydrogen-bond donors (Lipinski definition) is 1. The summed E-state index contributed by atoms with van der Waals surface area (Å²) in [6, 6.07) is 4.44. The minimum absolute atomic E-state index is 0.107. The SMILES string of the molecule is COC(=O)C1CCN(C(=O)c2oc3c(c2C)/C(=N/NS(=O)(=O)c2ccc(F)cc2)CCC3)CC1. The number of carbonyl (C=O) groups is 2. The van der Waals surface area contributed by atoms with Crippen LogP contribution in [-0.4, -0.2) is 51.1 Å². The van der Waals surface area contributed by atoms with E-state index in [1.165, 1.54) is 7.11 Å². The lowest BCUT2D eigenvalue weighted by Gasteiger charge is -2.30. The average molecular weight is 492 g/mol. The number of nitrogens with zero attached hydrogens (tertiary/aromatic N) is 2. The van der Waals surface area contributed by atoms with Crippen LogP contribution in [0.25, 0.3) is 0 Å². The van der Waals surface area contributed by atoms with E-state index in [0.29, 0.717) is 67.8 Å². The van der Waals surface area contributed by atoms with Gasteiger partial charge in [-0.25, -0.2) is 4.39 Å². The third-order valence-electron chi connectivity index (χ3n) is 6.26. The number of methoxy groups -OCH3 is 1. The van der Waals surface area contributed by atoms with Crippen LogP contribution in [0.3, 0.4) is 0 Å². The van der Waals surface area contributed by atoms with Gasteiger partial charge in [-0.05, 0) is 56.9 Å². The van der Waals surface area contributed by atoms with Gasteiger partial charge in [-0.1, -0.05) is 0 Å². The van der Waals surface area contributed by atoms with Gasteiger partial charge in [0.05, 0.1) is 23.6 Å². The number of ether oxygens (including phenoxy) is 1. The average Bonchev–Trinajstić information content (AvgIpc) is 3.19. The number of sulfonamides is 1. The number of furan rings is 1. The largest absolute Gasteiger partial charge is 0.469 e. The number of benzene rings is 1. The highest BCUT2D eigenvalue weighted by Gasteiger charge is 2.33. The molecule has 1 fully saturated rings. The molecule has 1 N–H and O–H groups in total. The molecule has 0 unspecified atom stereocenters. The van der Waals surface area contributed by atoms with Gasteiger partial charge in [-0.15, -0.1) is 0 Å². The van der Waals surface area contributed by atoms with Gasteiger partial charge in [0.1, 0.15) is 11.6 Å². The molecule has 0 bridgehead atoms. The second kappa shape index (κ2) is 9.57. The van der Waals surface area contributed by atoms with Crippen LogP contribution in [0.2, 0.25) is 0 Å². The summed E-state index contributed by atoms with van der Waals surface area (Å²) in [6.07, 6.45) is 2.86. The first-order chi connectivity index (χ1) is 16.2. The Kier molecular flexibility index (Phi) is 6.74. The van der Waals surface area contributed by atoms with E-state index >= 15 is 0 Å². The normalized spacial score (nSPS) is 18.0. The molecule has 34 heavy (non-hydrogen) atoms. The van der Waals surface area contributed by atoms with E-state index < -0.39 is 15.8 Å². The van der Waals surface area contributed by atoms with E-state index in [2.05, 4.69) is 9.93 Å². The van der Waals surface area contributed by atoms with Crippen LogP contribution in [-0.2, 0) is 26.0 Å². The molecule has 1 aromatic heterocycles. The molecule has 182 valence electrons. The van der Waals surface area contributed by atoms with Crippen LogP contribution in [0.15, 0.2) is 38.7 Å². The second-order valence-electron chi connectivity index (χ2n) is 8.40. The zero-order valence-electron chi connectivity index (χ0n) is 19.0. The zero-order chi connectivity index (χ0) is 24.5. The molecule has 2 aliphatic rings. The molecule has 0 radical (unpaired) electrons. The lowest BCUT2D eigenvalue weighted by Crippen LogP contribution is -2.40. The molecule has 0 spiro atoms. The fourth-order valence-corrected chi connectivity index (χ4v) is 5.22. The molecule has 0 saturated carbocycles. The van der Waals surface area contributed by atoms with E-state index in [-0.39, 0.29) is 28.5 Å². The van der Waals surface area contributed by atoms with Crippen molar-refractivity contribution in [3.05, 3.63) is 52.7 Å². The topological polar surface area (TPSA) is 118 Å². The second-order valence-corrected chi connectivity index (χ2v) is 10.1. The van der Waals surface area contributed by atoms with Gasteiger partial charge in [0.15, 0.2) is 5.76 Å². The molecule has 0 atom stereocenters. The first kappa shape index (κ1) is 23.9. The quantitative estimate of drug-likeness (QED) is 0.508. The molecular formula is C23H26FN3O6S. The van der Waals surface area contributed by atoms with Crippen LogP contribution < -0.4 is 4.83 Å². The van der Waals surface area contributed by atoms with Crippen LogP contribution in [0.4, 0.5) is 4.39 Å². The first-order valence-corrected chi connectivity index (χ1v) is 12.5. The van der Waals surface area contributed by atoms with Gasteiger partial charge < -0.3 is 14.1 Å². The van der Waals surface area contributed by atoms with Crippen molar-refractivity contribution in [2.24, 2.45) is 11.0 Å². The van der Waals surface area contributed by atoms with Crippen molar-refractivity contribution in [1.29, 1.82) is 0 Å². The molecule has 1 aliphatic carbocycles. The van der Waals surface area contributed by atoms with Crippen molar-refractivity contribution in [3.63, 3.8) is 0 Å². The molecule has 1 amide bonds. The number of carbonyl (C=O) groups excluding carboxylic acids is 2. The fourth-order valence-electron chi connectivity index (χ4n) is 4.39. The van der Waals surface area contributed by atoms with E-state index in [0.717, 1.165) is 24.3 Å². The number of rotatable bonds is 5. The lowest BCUT2D eigenvalue weighted by molar-refractivity contribution is -0.146. The third kappa shape index (κ3) is 4.70. The maximum Gasteiger partial charge on any atom is 0.308 e. The predicted octanol–water partition coefficient (Wildman–Crippen LogP) is 2.77. The van der Waals surface area contributed by atoms with E-state index in [9.17, 15) is 22.4 Å². The molecule has 2 heterocycles. The van der Waals surface area contributed by atoms with Gasteiger partial charge >= 0.3 is 5.97 Å². The predicted molar refractivity (Wildman–Crippen MR) is 120 cm³/mol. The third-order valence-corrected chi connectivity index (χ3v) is 7.49. The molecule has 1 saturated heterocycles. The molecule has 2 aromatic rings. The van der Waals surface area contributed by atoms with Gasteiger partial charge in [0.25, 0.3) is 15.9 Å². The highest BCUT2D eigenvalue weighted by atomic mass is 32.2. The highest BCUT2D eigenvalue weighted by Crippen LogP contribution is 2.31. The molecule has 11 heteroatoms. The molecular weight excluding hydrogens is 465 g/mol. The number of hydrazone groups is 1. The van der Waals surface area contributed by atoms with E-state index in [1.807, 2.05) is 0 Å². The Morgan fingerprint density at radius 3 is 2.50 bits per heavy atom. The molecule has 1 aromatic carbocycles. The Labute approximate surface area is 197 Å². The molecule has 1 aliphatic heterocycles. The van der Waals surface area contributed by atoms with Gasteiger partial charge in [0, 0.05) is 30.6 Å². The Hall–Kier alpha value is -3.21. The standard InChI is InChI=1S/C23H26FN3O6S/c1-14-20-18(25-26-34(30,31)17-8-6-16(24)7-9-17)4-3-5-19(20)33-21(14)22(28)27-12-10-15(11-13-27)23(29)32-2/h6-9,15,26H,3-5,10-13H2,1-2H3/b25-18+. The Bertz CT molecular complexity index is 1230. The van der Waals surface area contributed by atoms with Crippen LogP contribution in [0.1, 0.15) is 53.1 Å². The number of esters is 1. The number of halogens is 1. The van der Waals surface area contributed by atoms with Gasteiger partial charge in [0.2, 0.25) is 0 Å². The lowest BCUT2D eigenvalue weighted by atomic mass is 9.93. The van der Waals surface area contributed by atoms with E-state index in [1.54, 1.807) is 11.8 Å². The molecule has 4 rings (SSSR count). The summed E-state index contributed by atoms with van der Waals surface area (Å²) in [5, 5.41) is 4.13. The smallest absolute Gasteiger partial charge is 0.308 e. The summed E-state index contributed by atoms with van der Waals surface area (Å²) in [6.45, 7) is 2.59.